The van der Waals surface area contributed by atoms with Gasteiger partial charge in [0.1, 0.15) is 5.76 Å². The highest BCUT2D eigenvalue weighted by Crippen LogP contribution is 2.30. The number of nitrogens with zero attached hydrogens (tertiary/aromatic N) is 1. The van der Waals surface area contributed by atoms with Crippen molar-refractivity contribution >= 4 is 27.6 Å². The van der Waals surface area contributed by atoms with Crippen LogP contribution >= 0.6 is 15.9 Å². The minimum atomic E-state index is -1.17. The van der Waals surface area contributed by atoms with Crippen LogP contribution in [0.3, 0.4) is 0 Å². The lowest BCUT2D eigenvalue weighted by molar-refractivity contribution is 0.0695. The predicted octanol–water partition coefficient (Wildman–Crippen LogP) is 3.91. The van der Waals surface area contributed by atoms with Crippen molar-refractivity contribution in [1.29, 1.82) is 0 Å². The van der Waals surface area contributed by atoms with E-state index in [9.17, 15) is 9.18 Å². The number of benzene rings is 1. The van der Waals surface area contributed by atoms with Crippen LogP contribution in [0.1, 0.15) is 23.0 Å². The molecule has 0 saturated heterocycles. The Labute approximate surface area is 123 Å². The van der Waals surface area contributed by atoms with Crippen molar-refractivity contribution in [3.05, 3.63) is 52.1 Å². The fourth-order valence-electron chi connectivity index (χ4n) is 1.91. The van der Waals surface area contributed by atoms with Gasteiger partial charge in [-0.2, -0.15) is 0 Å². The zero-order chi connectivity index (χ0) is 14.7. The molecule has 1 aromatic carbocycles. The van der Waals surface area contributed by atoms with E-state index in [1.165, 1.54) is 12.1 Å². The largest absolute Gasteiger partial charge is 0.478 e. The fraction of sp³-hybridized carbons (Fsp3) is 0.214. The Bertz CT molecular complexity index is 613. The lowest BCUT2D eigenvalue weighted by atomic mass is 10.1. The molecule has 0 bridgehead atoms. The van der Waals surface area contributed by atoms with Crippen LogP contribution in [0, 0.1) is 5.82 Å². The van der Waals surface area contributed by atoms with E-state index in [0.717, 1.165) is 0 Å². The Hall–Kier alpha value is -1.82. The first-order valence-corrected chi connectivity index (χ1v) is 6.82. The van der Waals surface area contributed by atoms with Gasteiger partial charge >= 0.3 is 5.97 Å². The van der Waals surface area contributed by atoms with Crippen molar-refractivity contribution in [3.63, 3.8) is 0 Å². The average Bonchev–Trinajstić information content (AvgIpc) is 2.92. The van der Waals surface area contributed by atoms with Crippen molar-refractivity contribution in [2.75, 3.05) is 11.4 Å². The van der Waals surface area contributed by atoms with Gasteiger partial charge in [0.15, 0.2) is 5.82 Å². The van der Waals surface area contributed by atoms with Gasteiger partial charge in [-0.15, -0.1) is 0 Å². The van der Waals surface area contributed by atoms with E-state index in [0.29, 0.717) is 24.5 Å². The van der Waals surface area contributed by atoms with Gasteiger partial charge in [0, 0.05) is 6.54 Å². The lowest BCUT2D eigenvalue weighted by Gasteiger charge is -2.23. The molecule has 0 fully saturated rings. The van der Waals surface area contributed by atoms with Gasteiger partial charge < -0.3 is 14.4 Å². The number of aromatic carboxylic acids is 1. The predicted molar refractivity (Wildman–Crippen MR) is 76.5 cm³/mol. The van der Waals surface area contributed by atoms with Gasteiger partial charge in [-0.3, -0.25) is 0 Å². The molecule has 2 rings (SSSR count). The number of hydrogen-bond acceptors (Lipinski definition) is 3. The molecule has 0 atom stereocenters. The number of furan rings is 1. The van der Waals surface area contributed by atoms with Gasteiger partial charge in [-0.25, -0.2) is 9.18 Å². The highest BCUT2D eigenvalue weighted by atomic mass is 79.9. The third kappa shape index (κ3) is 2.85. The van der Waals surface area contributed by atoms with Crippen molar-refractivity contribution in [2.24, 2.45) is 0 Å². The summed E-state index contributed by atoms with van der Waals surface area (Å²) in [6, 6.07) is 6.43. The van der Waals surface area contributed by atoms with E-state index < -0.39 is 11.8 Å². The van der Waals surface area contributed by atoms with Crippen LogP contribution in [-0.2, 0) is 6.54 Å². The maximum atomic E-state index is 14.3. The molecule has 4 nitrogen and oxygen atoms in total. The molecule has 0 aliphatic rings. The van der Waals surface area contributed by atoms with E-state index in [-0.39, 0.29) is 10.0 Å². The molecule has 1 N–H and O–H groups in total. The van der Waals surface area contributed by atoms with E-state index in [2.05, 4.69) is 15.9 Å². The standard InChI is InChI=1S/C14H13BrFNO3/c1-2-17(8-9-4-3-7-20-9)11-6-5-10(14(18)19)12(15)13(11)16/h3-7H,2,8H2,1H3,(H,18,19). The molecule has 1 heterocycles. The van der Waals surface area contributed by atoms with Crippen LogP contribution in [0.15, 0.2) is 39.4 Å². The third-order valence-corrected chi connectivity index (χ3v) is 3.72. The summed E-state index contributed by atoms with van der Waals surface area (Å²) < 4.78 is 19.5. The van der Waals surface area contributed by atoms with E-state index >= 15 is 0 Å². The first kappa shape index (κ1) is 14.6. The van der Waals surface area contributed by atoms with E-state index in [4.69, 9.17) is 9.52 Å². The number of rotatable bonds is 5. The number of anilines is 1. The summed E-state index contributed by atoms with van der Waals surface area (Å²) in [6.45, 7) is 2.87. The Morgan fingerprint density at radius 1 is 1.45 bits per heavy atom. The van der Waals surface area contributed by atoms with Crippen LogP contribution in [0.4, 0.5) is 10.1 Å². The molecule has 0 unspecified atom stereocenters. The maximum Gasteiger partial charge on any atom is 0.336 e. The maximum absolute atomic E-state index is 14.3. The molecule has 0 aliphatic carbocycles. The lowest BCUT2D eigenvalue weighted by Crippen LogP contribution is -2.23. The molecular weight excluding hydrogens is 329 g/mol. The number of carboxylic acids is 1. The summed E-state index contributed by atoms with van der Waals surface area (Å²) in [5.41, 5.74) is 0.237. The first-order valence-electron chi connectivity index (χ1n) is 6.03. The summed E-state index contributed by atoms with van der Waals surface area (Å²) in [7, 11) is 0. The van der Waals surface area contributed by atoms with Crippen molar-refractivity contribution in [3.8, 4) is 0 Å². The average molecular weight is 342 g/mol. The van der Waals surface area contributed by atoms with Crippen LogP contribution in [0.2, 0.25) is 0 Å². The van der Waals surface area contributed by atoms with Crippen LogP contribution in [0.5, 0.6) is 0 Å². The van der Waals surface area contributed by atoms with Crippen molar-refractivity contribution in [1.82, 2.24) is 0 Å². The van der Waals surface area contributed by atoms with Crippen molar-refractivity contribution in [2.45, 2.75) is 13.5 Å². The Balaban J connectivity index is 2.35. The Morgan fingerprint density at radius 2 is 2.20 bits per heavy atom. The number of carboxylic acid groups (broad SMARTS) is 1. The minimum Gasteiger partial charge on any atom is -0.478 e. The molecule has 0 radical (unpaired) electrons. The normalized spacial score (nSPS) is 10.6. The smallest absolute Gasteiger partial charge is 0.336 e. The van der Waals surface area contributed by atoms with Gasteiger partial charge in [-0.1, -0.05) is 0 Å². The molecule has 2 aromatic rings. The molecule has 6 heteroatoms. The topological polar surface area (TPSA) is 53.7 Å². The second-order valence-corrected chi connectivity index (χ2v) is 4.95. The molecule has 20 heavy (non-hydrogen) atoms. The minimum absolute atomic E-state index is 0.0413. The number of carbonyl (C=O) groups is 1. The van der Waals surface area contributed by atoms with E-state index in [1.807, 2.05) is 6.92 Å². The monoisotopic (exact) mass is 341 g/mol. The van der Waals surface area contributed by atoms with Crippen LogP contribution in [-0.4, -0.2) is 17.6 Å². The second kappa shape index (κ2) is 6.09. The summed E-state index contributed by atoms with van der Waals surface area (Å²) in [5, 5.41) is 8.96. The molecule has 0 saturated carbocycles. The summed E-state index contributed by atoms with van der Waals surface area (Å²) in [6.07, 6.45) is 1.56. The Morgan fingerprint density at radius 3 is 2.75 bits per heavy atom. The highest BCUT2D eigenvalue weighted by molar-refractivity contribution is 9.10. The molecule has 0 spiro atoms. The van der Waals surface area contributed by atoms with Crippen LogP contribution in [0.25, 0.3) is 0 Å². The fourth-order valence-corrected chi connectivity index (χ4v) is 2.41. The van der Waals surface area contributed by atoms with E-state index in [1.54, 1.807) is 23.3 Å². The van der Waals surface area contributed by atoms with Crippen LogP contribution < -0.4 is 4.90 Å². The SMILES string of the molecule is CCN(Cc1ccco1)c1ccc(C(=O)O)c(Br)c1F. The molecule has 1 aromatic heterocycles. The van der Waals surface area contributed by atoms with Gasteiger partial charge in [0.2, 0.25) is 0 Å². The second-order valence-electron chi connectivity index (χ2n) is 4.16. The highest BCUT2D eigenvalue weighted by Gasteiger charge is 2.19. The third-order valence-electron chi connectivity index (χ3n) is 2.94. The zero-order valence-electron chi connectivity index (χ0n) is 10.8. The molecular formula is C14H13BrFNO3. The number of halogens is 2. The van der Waals surface area contributed by atoms with Gasteiger partial charge in [0.25, 0.3) is 0 Å². The van der Waals surface area contributed by atoms with Gasteiger partial charge in [-0.05, 0) is 47.1 Å². The zero-order valence-corrected chi connectivity index (χ0v) is 12.4. The molecule has 0 aliphatic heterocycles. The van der Waals surface area contributed by atoms with Gasteiger partial charge in [0.05, 0.1) is 28.5 Å². The summed E-state index contributed by atoms with van der Waals surface area (Å²) in [4.78, 5) is 12.7. The summed E-state index contributed by atoms with van der Waals surface area (Å²) >= 11 is 3.00. The Kier molecular flexibility index (Phi) is 4.44. The molecule has 106 valence electrons. The quantitative estimate of drug-likeness (QED) is 0.895. The number of hydrogen-bond donors (Lipinski definition) is 1. The van der Waals surface area contributed by atoms with Crippen molar-refractivity contribution < 1.29 is 18.7 Å². The summed E-state index contributed by atoms with van der Waals surface area (Å²) in [5.74, 6) is -1.04. The molecule has 0 amide bonds. The first-order chi connectivity index (χ1) is 9.54.